The Bertz CT molecular complexity index is 1100. The normalized spacial score (nSPS) is 12.7. The lowest BCUT2D eigenvalue weighted by Gasteiger charge is -2.12. The van der Waals surface area contributed by atoms with Gasteiger partial charge in [0.2, 0.25) is 0 Å². The number of hydrogen-bond donors (Lipinski definition) is 0. The molecule has 168 valence electrons. The number of hydrazone groups is 1. The summed E-state index contributed by atoms with van der Waals surface area (Å²) in [7, 11) is 0. The maximum atomic E-state index is 12.3. The first-order valence-electron chi connectivity index (χ1n) is 10.7. The predicted molar refractivity (Wildman–Crippen MR) is 123 cm³/mol. The fourth-order valence-corrected chi connectivity index (χ4v) is 3.24. The molecule has 0 unspecified atom stereocenters. The van der Waals surface area contributed by atoms with Crippen LogP contribution in [0.2, 0.25) is 0 Å². The van der Waals surface area contributed by atoms with Gasteiger partial charge in [-0.3, -0.25) is 4.79 Å². The first-order chi connectivity index (χ1) is 16.2. The molecule has 1 amide bonds. The minimum absolute atomic E-state index is 0.296. The summed E-state index contributed by atoms with van der Waals surface area (Å²) >= 11 is 0. The van der Waals surface area contributed by atoms with Crippen LogP contribution >= 0.6 is 0 Å². The molecule has 0 saturated heterocycles. The van der Waals surface area contributed by atoms with Crippen molar-refractivity contribution in [2.75, 3.05) is 19.8 Å². The van der Waals surface area contributed by atoms with Crippen LogP contribution < -0.4 is 9.47 Å². The van der Waals surface area contributed by atoms with Crippen LogP contribution in [0.25, 0.3) is 0 Å². The lowest BCUT2D eigenvalue weighted by molar-refractivity contribution is -0.153. The molecule has 0 bridgehead atoms. The van der Waals surface area contributed by atoms with E-state index in [0.717, 1.165) is 16.8 Å². The van der Waals surface area contributed by atoms with E-state index in [9.17, 15) is 9.59 Å². The second-order valence-electron chi connectivity index (χ2n) is 7.37. The van der Waals surface area contributed by atoms with Gasteiger partial charge in [0.25, 0.3) is 5.91 Å². The third-order valence-corrected chi connectivity index (χ3v) is 4.98. The van der Waals surface area contributed by atoms with E-state index < -0.39 is 5.97 Å². The first-order valence-corrected chi connectivity index (χ1v) is 10.7. The standard InChI is InChI=1S/C26H24N2O5/c29-25(28-16-15-24(27-28)21-9-5-2-6-10-21)18-33-26(30)19-32-23-13-11-22(12-14-23)31-17-20-7-3-1-4-8-20/h1-14H,15-19H2. The van der Waals surface area contributed by atoms with Crippen LogP contribution in [-0.2, 0) is 20.9 Å². The molecule has 7 heteroatoms. The van der Waals surface area contributed by atoms with Crippen LogP contribution in [0.3, 0.4) is 0 Å². The molecule has 3 aromatic rings. The lowest BCUT2D eigenvalue weighted by atomic mass is 10.1. The molecule has 1 aliphatic heterocycles. The van der Waals surface area contributed by atoms with E-state index >= 15 is 0 Å². The van der Waals surface area contributed by atoms with Crippen LogP contribution in [0.4, 0.5) is 0 Å². The summed E-state index contributed by atoms with van der Waals surface area (Å²) in [5, 5.41) is 5.68. The number of esters is 1. The van der Waals surface area contributed by atoms with Crippen molar-refractivity contribution in [1.29, 1.82) is 0 Å². The molecule has 0 fully saturated rings. The molecular formula is C26H24N2O5. The second kappa shape index (κ2) is 10.9. The Balaban J connectivity index is 1.17. The second-order valence-corrected chi connectivity index (χ2v) is 7.37. The zero-order valence-electron chi connectivity index (χ0n) is 18.1. The van der Waals surface area contributed by atoms with Gasteiger partial charge in [-0.25, -0.2) is 9.80 Å². The number of rotatable bonds is 9. The number of carbonyl (C=O) groups is 2. The molecule has 0 saturated carbocycles. The fraction of sp³-hybridized carbons (Fsp3) is 0.192. The molecule has 0 atom stereocenters. The number of amides is 1. The van der Waals surface area contributed by atoms with Crippen molar-refractivity contribution in [3.05, 3.63) is 96.1 Å². The zero-order chi connectivity index (χ0) is 22.9. The van der Waals surface area contributed by atoms with Gasteiger partial charge in [-0.1, -0.05) is 60.7 Å². The number of ether oxygens (including phenoxy) is 3. The number of benzene rings is 3. The Morgan fingerprint density at radius 1 is 0.788 bits per heavy atom. The maximum Gasteiger partial charge on any atom is 0.344 e. The lowest BCUT2D eigenvalue weighted by Crippen LogP contribution is -2.29. The van der Waals surface area contributed by atoms with Gasteiger partial charge in [-0.15, -0.1) is 0 Å². The van der Waals surface area contributed by atoms with E-state index in [4.69, 9.17) is 14.2 Å². The molecule has 0 spiro atoms. The van der Waals surface area contributed by atoms with Gasteiger partial charge in [0.05, 0.1) is 12.3 Å². The van der Waals surface area contributed by atoms with Gasteiger partial charge in [0.15, 0.2) is 13.2 Å². The first kappa shape index (κ1) is 22.1. The Morgan fingerprint density at radius 2 is 1.42 bits per heavy atom. The number of nitrogens with zero attached hydrogens (tertiary/aromatic N) is 2. The van der Waals surface area contributed by atoms with Gasteiger partial charge < -0.3 is 14.2 Å². The summed E-state index contributed by atoms with van der Waals surface area (Å²) in [5.74, 6) is 0.204. The largest absolute Gasteiger partial charge is 0.489 e. The quantitative estimate of drug-likeness (QED) is 0.469. The minimum atomic E-state index is -0.626. The molecule has 0 radical (unpaired) electrons. The van der Waals surface area contributed by atoms with E-state index in [2.05, 4.69) is 5.10 Å². The van der Waals surface area contributed by atoms with Crippen LogP contribution in [0, 0.1) is 0 Å². The predicted octanol–water partition coefficient (Wildman–Crippen LogP) is 3.82. The third kappa shape index (κ3) is 6.43. The van der Waals surface area contributed by atoms with Crippen molar-refractivity contribution in [2.24, 2.45) is 5.10 Å². The van der Waals surface area contributed by atoms with Crippen LogP contribution in [0.1, 0.15) is 17.5 Å². The molecule has 7 nitrogen and oxygen atoms in total. The minimum Gasteiger partial charge on any atom is -0.489 e. The van der Waals surface area contributed by atoms with Gasteiger partial charge in [-0.2, -0.15) is 5.10 Å². The Hall–Kier alpha value is -4.13. The van der Waals surface area contributed by atoms with E-state index in [1.54, 1.807) is 24.3 Å². The number of carbonyl (C=O) groups excluding carboxylic acids is 2. The van der Waals surface area contributed by atoms with E-state index in [1.807, 2.05) is 60.7 Å². The Kier molecular flexibility index (Phi) is 7.33. The molecule has 0 aromatic heterocycles. The highest BCUT2D eigenvalue weighted by atomic mass is 16.6. The molecule has 1 heterocycles. The average molecular weight is 444 g/mol. The van der Waals surface area contributed by atoms with E-state index in [-0.39, 0.29) is 19.1 Å². The van der Waals surface area contributed by atoms with Gasteiger partial charge >= 0.3 is 5.97 Å². The Morgan fingerprint density at radius 3 is 2.12 bits per heavy atom. The number of hydrogen-bond acceptors (Lipinski definition) is 6. The van der Waals surface area contributed by atoms with Crippen LogP contribution in [0.5, 0.6) is 11.5 Å². The molecule has 1 aliphatic rings. The molecular weight excluding hydrogens is 420 g/mol. The van der Waals surface area contributed by atoms with E-state index in [1.165, 1.54) is 5.01 Å². The molecule has 0 N–H and O–H groups in total. The summed E-state index contributed by atoms with van der Waals surface area (Å²) < 4.78 is 16.2. The highest BCUT2D eigenvalue weighted by Crippen LogP contribution is 2.19. The van der Waals surface area contributed by atoms with Crippen molar-refractivity contribution in [3.63, 3.8) is 0 Å². The summed E-state index contributed by atoms with van der Waals surface area (Å²) in [6, 6.07) is 26.5. The van der Waals surface area contributed by atoms with Crippen molar-refractivity contribution < 1.29 is 23.8 Å². The zero-order valence-corrected chi connectivity index (χ0v) is 18.1. The molecule has 33 heavy (non-hydrogen) atoms. The van der Waals surface area contributed by atoms with Crippen molar-refractivity contribution >= 4 is 17.6 Å². The third-order valence-electron chi connectivity index (χ3n) is 4.98. The average Bonchev–Trinajstić information content (AvgIpc) is 3.37. The highest BCUT2D eigenvalue weighted by Gasteiger charge is 2.22. The van der Waals surface area contributed by atoms with Gasteiger partial charge in [0.1, 0.15) is 18.1 Å². The molecule has 0 aliphatic carbocycles. The summed E-state index contributed by atoms with van der Waals surface area (Å²) in [5.41, 5.74) is 2.90. The smallest absolute Gasteiger partial charge is 0.344 e. The van der Waals surface area contributed by atoms with Crippen LogP contribution in [0.15, 0.2) is 90.0 Å². The van der Waals surface area contributed by atoms with Crippen molar-refractivity contribution in [1.82, 2.24) is 5.01 Å². The summed E-state index contributed by atoms with van der Waals surface area (Å²) in [6.07, 6.45) is 0.665. The van der Waals surface area contributed by atoms with Crippen LogP contribution in [-0.4, -0.2) is 42.4 Å². The van der Waals surface area contributed by atoms with E-state index in [0.29, 0.717) is 31.1 Å². The van der Waals surface area contributed by atoms with Gasteiger partial charge in [0, 0.05) is 6.42 Å². The maximum absolute atomic E-state index is 12.3. The van der Waals surface area contributed by atoms with Gasteiger partial charge in [-0.05, 0) is 35.4 Å². The topological polar surface area (TPSA) is 77.4 Å². The van der Waals surface area contributed by atoms with Crippen molar-refractivity contribution in [2.45, 2.75) is 13.0 Å². The monoisotopic (exact) mass is 444 g/mol. The summed E-state index contributed by atoms with van der Waals surface area (Å²) in [6.45, 7) is 0.265. The van der Waals surface area contributed by atoms with Crippen molar-refractivity contribution in [3.8, 4) is 11.5 Å². The Labute approximate surface area is 192 Å². The highest BCUT2D eigenvalue weighted by molar-refractivity contribution is 6.02. The summed E-state index contributed by atoms with van der Waals surface area (Å²) in [4.78, 5) is 24.3. The molecule has 3 aromatic carbocycles. The SMILES string of the molecule is O=C(COc1ccc(OCc2ccccc2)cc1)OCC(=O)N1CCC(c2ccccc2)=N1. The molecule has 4 rings (SSSR count). The fourth-order valence-electron chi connectivity index (χ4n) is 3.24.